The number of allylic oxidation sites excluding steroid dienone is 1. The Hall–Kier alpha value is -0.640. The summed E-state index contributed by atoms with van der Waals surface area (Å²) in [7, 11) is 0.766. The van der Waals surface area contributed by atoms with Gasteiger partial charge in [0.15, 0.2) is 0 Å². The van der Waals surface area contributed by atoms with Gasteiger partial charge in [0.25, 0.3) is 0 Å². The van der Waals surface area contributed by atoms with Crippen LogP contribution in [0.4, 0.5) is 0 Å². The maximum atomic E-state index is 11.7. The Labute approximate surface area is 139 Å². The molecule has 0 amide bonds. The molecule has 0 fully saturated rings. The number of carbonyl (C=O) groups is 1. The van der Waals surface area contributed by atoms with E-state index in [2.05, 4.69) is 23.8 Å². The molecular formula is C18H34O3S. The van der Waals surface area contributed by atoms with E-state index in [0.717, 1.165) is 31.4 Å². The normalized spacial score (nSPS) is 12.6. The smallest absolute Gasteiger partial charge is 0.305 e. The Morgan fingerprint density at radius 1 is 0.955 bits per heavy atom. The molecule has 130 valence electrons. The standard InChI is InChI=1S/C18H34O3S/c1-3-4-5-13-16-22(20)17-14-11-9-7-6-8-10-12-15-18(19)21-2/h11,14H,3-10,12-13,15-17H2,1-2H3/b14-11+. The number of methoxy groups -OCH3 is 1. The summed E-state index contributed by atoms with van der Waals surface area (Å²) in [4.78, 5) is 10.9. The average Bonchev–Trinajstić information content (AvgIpc) is 2.53. The molecular weight excluding hydrogens is 296 g/mol. The highest BCUT2D eigenvalue weighted by molar-refractivity contribution is 7.85. The van der Waals surface area contributed by atoms with E-state index in [1.165, 1.54) is 45.6 Å². The zero-order valence-corrected chi connectivity index (χ0v) is 15.3. The number of hydrogen-bond donors (Lipinski definition) is 0. The van der Waals surface area contributed by atoms with E-state index in [-0.39, 0.29) is 5.97 Å². The molecule has 0 aromatic heterocycles. The highest BCUT2D eigenvalue weighted by Crippen LogP contribution is 2.08. The summed E-state index contributed by atoms with van der Waals surface area (Å²) in [5.41, 5.74) is 0. The highest BCUT2D eigenvalue weighted by atomic mass is 32.2. The van der Waals surface area contributed by atoms with Crippen LogP contribution < -0.4 is 0 Å². The summed E-state index contributed by atoms with van der Waals surface area (Å²) in [5.74, 6) is 1.46. The zero-order chi connectivity index (χ0) is 16.5. The molecule has 0 saturated heterocycles. The summed E-state index contributed by atoms with van der Waals surface area (Å²) >= 11 is 0. The number of hydrogen-bond acceptors (Lipinski definition) is 3. The monoisotopic (exact) mass is 330 g/mol. The molecule has 0 aromatic rings. The second-order valence-corrected chi connectivity index (χ2v) is 7.35. The molecule has 0 bridgehead atoms. The van der Waals surface area contributed by atoms with Crippen molar-refractivity contribution in [2.24, 2.45) is 0 Å². The van der Waals surface area contributed by atoms with Gasteiger partial charge in [-0.05, 0) is 25.7 Å². The largest absolute Gasteiger partial charge is 0.469 e. The van der Waals surface area contributed by atoms with Gasteiger partial charge >= 0.3 is 5.97 Å². The molecule has 0 rings (SSSR count). The van der Waals surface area contributed by atoms with Crippen molar-refractivity contribution in [1.82, 2.24) is 0 Å². The lowest BCUT2D eigenvalue weighted by Gasteiger charge is -2.00. The highest BCUT2D eigenvalue weighted by Gasteiger charge is 1.99. The van der Waals surface area contributed by atoms with Crippen molar-refractivity contribution in [3.63, 3.8) is 0 Å². The Bertz CT molecular complexity index is 313. The van der Waals surface area contributed by atoms with Crippen LogP contribution in [-0.4, -0.2) is 28.8 Å². The topological polar surface area (TPSA) is 43.4 Å². The maximum Gasteiger partial charge on any atom is 0.305 e. The van der Waals surface area contributed by atoms with Crippen molar-refractivity contribution < 1.29 is 13.7 Å². The second-order valence-electron chi connectivity index (χ2n) is 5.73. The third kappa shape index (κ3) is 15.7. The van der Waals surface area contributed by atoms with E-state index >= 15 is 0 Å². The summed E-state index contributed by atoms with van der Waals surface area (Å²) in [6.45, 7) is 2.19. The van der Waals surface area contributed by atoms with Gasteiger partial charge < -0.3 is 4.74 Å². The summed E-state index contributed by atoms with van der Waals surface area (Å²) in [6.07, 6.45) is 16.2. The van der Waals surface area contributed by atoms with Crippen molar-refractivity contribution >= 4 is 16.8 Å². The van der Waals surface area contributed by atoms with Gasteiger partial charge in [0.1, 0.15) is 0 Å². The third-order valence-corrected chi connectivity index (χ3v) is 4.96. The molecule has 22 heavy (non-hydrogen) atoms. The molecule has 1 unspecified atom stereocenters. The molecule has 0 saturated carbocycles. The Morgan fingerprint density at radius 3 is 2.36 bits per heavy atom. The summed E-state index contributed by atoms with van der Waals surface area (Å²) in [5, 5.41) is 0. The van der Waals surface area contributed by atoms with Gasteiger partial charge in [-0.2, -0.15) is 0 Å². The first kappa shape index (κ1) is 21.4. The third-order valence-electron chi connectivity index (χ3n) is 3.65. The maximum absolute atomic E-state index is 11.7. The lowest BCUT2D eigenvalue weighted by atomic mass is 10.1. The predicted molar refractivity (Wildman–Crippen MR) is 95.5 cm³/mol. The van der Waals surface area contributed by atoms with E-state index in [4.69, 9.17) is 0 Å². The van der Waals surface area contributed by atoms with Gasteiger partial charge in [-0.25, -0.2) is 0 Å². The minimum atomic E-state index is -0.671. The van der Waals surface area contributed by atoms with E-state index in [1.807, 2.05) is 0 Å². The molecule has 0 N–H and O–H groups in total. The van der Waals surface area contributed by atoms with Crippen LogP contribution >= 0.6 is 0 Å². The molecule has 0 aromatic carbocycles. The first-order valence-electron chi connectivity index (χ1n) is 8.77. The minimum Gasteiger partial charge on any atom is -0.469 e. The molecule has 0 radical (unpaired) electrons. The average molecular weight is 331 g/mol. The van der Waals surface area contributed by atoms with Crippen molar-refractivity contribution in [1.29, 1.82) is 0 Å². The van der Waals surface area contributed by atoms with Crippen molar-refractivity contribution in [2.45, 2.75) is 77.6 Å². The van der Waals surface area contributed by atoms with Crippen molar-refractivity contribution in [2.75, 3.05) is 18.6 Å². The summed E-state index contributed by atoms with van der Waals surface area (Å²) in [6, 6.07) is 0. The van der Waals surface area contributed by atoms with Gasteiger partial charge in [0.2, 0.25) is 0 Å². The number of unbranched alkanes of at least 4 members (excludes halogenated alkanes) is 8. The number of carbonyl (C=O) groups excluding carboxylic acids is 1. The quantitative estimate of drug-likeness (QED) is 0.247. The molecule has 1 atom stereocenters. The molecule has 3 nitrogen and oxygen atoms in total. The lowest BCUT2D eigenvalue weighted by molar-refractivity contribution is -0.140. The SMILES string of the molecule is CCCCCCS(=O)C/C=C/CCCCCCCC(=O)OC. The molecule has 0 aliphatic carbocycles. The first-order valence-corrected chi connectivity index (χ1v) is 10.3. The Kier molecular flexibility index (Phi) is 16.2. The molecule has 4 heteroatoms. The van der Waals surface area contributed by atoms with Gasteiger partial charge in [-0.1, -0.05) is 57.6 Å². The Morgan fingerprint density at radius 2 is 1.64 bits per heavy atom. The number of rotatable bonds is 15. The van der Waals surface area contributed by atoms with Crippen LogP contribution in [0, 0.1) is 0 Å². The van der Waals surface area contributed by atoms with Crippen LogP contribution in [0.2, 0.25) is 0 Å². The Balaban J connectivity index is 3.29. The van der Waals surface area contributed by atoms with Crippen LogP contribution in [0.15, 0.2) is 12.2 Å². The van der Waals surface area contributed by atoms with Gasteiger partial charge in [0, 0.05) is 28.7 Å². The fourth-order valence-electron chi connectivity index (χ4n) is 2.23. The summed E-state index contributed by atoms with van der Waals surface area (Å²) < 4.78 is 16.3. The minimum absolute atomic E-state index is 0.106. The lowest BCUT2D eigenvalue weighted by Crippen LogP contribution is -2.00. The molecule has 0 spiro atoms. The van der Waals surface area contributed by atoms with Crippen molar-refractivity contribution in [3.05, 3.63) is 12.2 Å². The first-order chi connectivity index (χ1) is 10.7. The van der Waals surface area contributed by atoms with Crippen LogP contribution in [0.1, 0.15) is 77.6 Å². The molecule has 0 aliphatic rings. The number of ether oxygens (including phenoxy) is 1. The van der Waals surface area contributed by atoms with Crippen LogP contribution in [0.25, 0.3) is 0 Å². The van der Waals surface area contributed by atoms with Crippen LogP contribution in [0.5, 0.6) is 0 Å². The predicted octanol–water partition coefficient (Wildman–Crippen LogP) is 4.78. The van der Waals surface area contributed by atoms with Gasteiger partial charge in [0.05, 0.1) is 7.11 Å². The molecule has 0 aliphatic heterocycles. The zero-order valence-electron chi connectivity index (χ0n) is 14.5. The van der Waals surface area contributed by atoms with Gasteiger partial charge in [-0.3, -0.25) is 9.00 Å². The number of esters is 1. The van der Waals surface area contributed by atoms with Gasteiger partial charge in [-0.15, -0.1) is 0 Å². The van der Waals surface area contributed by atoms with Crippen molar-refractivity contribution in [3.8, 4) is 0 Å². The second kappa shape index (κ2) is 16.7. The fraction of sp³-hybridized carbons (Fsp3) is 0.833. The van der Waals surface area contributed by atoms with E-state index in [0.29, 0.717) is 12.2 Å². The van der Waals surface area contributed by atoms with E-state index < -0.39 is 10.8 Å². The van der Waals surface area contributed by atoms with E-state index in [9.17, 15) is 9.00 Å². The van der Waals surface area contributed by atoms with E-state index in [1.54, 1.807) is 0 Å². The van der Waals surface area contributed by atoms with Crippen LogP contribution in [0.3, 0.4) is 0 Å². The molecule has 0 heterocycles. The fourth-order valence-corrected chi connectivity index (χ4v) is 3.27. The van der Waals surface area contributed by atoms with Crippen LogP contribution in [-0.2, 0) is 20.3 Å².